The van der Waals surface area contributed by atoms with Crippen LogP contribution in [0.3, 0.4) is 0 Å². The van der Waals surface area contributed by atoms with Crippen molar-refractivity contribution in [3.8, 4) is 5.75 Å². The molecule has 0 radical (unpaired) electrons. The molecule has 1 amide bonds. The molecule has 2 aromatic carbocycles. The van der Waals surface area contributed by atoms with Gasteiger partial charge in [-0.15, -0.1) is 0 Å². The Bertz CT molecular complexity index is 1200. The lowest BCUT2D eigenvalue weighted by atomic mass is 9.93. The molecule has 1 unspecified atom stereocenters. The smallest absolute Gasteiger partial charge is 0.295 e. The molecule has 32 heavy (non-hydrogen) atoms. The summed E-state index contributed by atoms with van der Waals surface area (Å²) >= 11 is 0. The molecule has 0 bridgehead atoms. The lowest BCUT2D eigenvalue weighted by molar-refractivity contribution is -0.140. The number of aromatic nitrogens is 1. The van der Waals surface area contributed by atoms with Gasteiger partial charge in [0.2, 0.25) is 0 Å². The number of ether oxygens (including phenoxy) is 1. The number of ketones is 1. The number of Topliss-reactive ketones (excluding diaryl/α,β-unsaturated/α-hetero) is 1. The summed E-state index contributed by atoms with van der Waals surface area (Å²) in [7, 11) is 1.52. The summed E-state index contributed by atoms with van der Waals surface area (Å²) in [6.07, 6.45) is 3.31. The van der Waals surface area contributed by atoms with Crippen molar-refractivity contribution in [1.29, 1.82) is 0 Å². The average molecular weight is 428 g/mol. The maximum atomic E-state index is 13.2. The molecule has 6 heteroatoms. The number of methoxy groups -OCH3 is 1. The summed E-state index contributed by atoms with van der Waals surface area (Å²) in [5.74, 6) is -1.15. The highest BCUT2D eigenvalue weighted by Gasteiger charge is 2.46. The summed E-state index contributed by atoms with van der Waals surface area (Å²) in [4.78, 5) is 31.9. The van der Waals surface area contributed by atoms with E-state index in [-0.39, 0.29) is 17.9 Å². The predicted octanol–water partition coefficient (Wildman–Crippen LogP) is 4.33. The summed E-state index contributed by atoms with van der Waals surface area (Å²) in [6, 6.07) is 15.8. The van der Waals surface area contributed by atoms with Gasteiger partial charge in [0.05, 0.1) is 24.3 Å². The van der Waals surface area contributed by atoms with E-state index < -0.39 is 17.7 Å². The minimum atomic E-state index is -0.734. The Morgan fingerprint density at radius 1 is 1.09 bits per heavy atom. The predicted molar refractivity (Wildman–Crippen MR) is 121 cm³/mol. The standard InChI is InChI=1S/C26H24N2O4/c1-16-12-17(2)25(32-3)20(13-16)23(29)21-22(19-9-5-4-6-10-19)28(26(31)24(21)30)15-18-8-7-11-27-14-18/h4-14,22,29H,15H2,1-3H3/b23-21+. The highest BCUT2D eigenvalue weighted by molar-refractivity contribution is 6.46. The molecule has 0 aliphatic carbocycles. The molecule has 1 aromatic heterocycles. The van der Waals surface area contributed by atoms with Gasteiger partial charge in [-0.2, -0.15) is 0 Å². The molecule has 0 spiro atoms. The Hall–Kier alpha value is -3.93. The molecule has 162 valence electrons. The molecule has 3 aromatic rings. The molecule has 6 nitrogen and oxygen atoms in total. The van der Waals surface area contributed by atoms with Gasteiger partial charge in [-0.1, -0.05) is 42.5 Å². The van der Waals surface area contributed by atoms with Crippen LogP contribution in [-0.2, 0) is 16.1 Å². The quantitative estimate of drug-likeness (QED) is 0.372. The lowest BCUT2D eigenvalue weighted by Crippen LogP contribution is -2.29. The van der Waals surface area contributed by atoms with Crippen molar-refractivity contribution in [3.63, 3.8) is 0 Å². The third kappa shape index (κ3) is 3.75. The SMILES string of the molecule is COc1c(C)cc(C)cc1/C(O)=C1\C(=O)C(=O)N(Cc2cccnc2)C1c1ccccc1. The van der Waals surface area contributed by atoms with E-state index in [2.05, 4.69) is 4.98 Å². The maximum absolute atomic E-state index is 13.2. The van der Waals surface area contributed by atoms with Gasteiger partial charge < -0.3 is 14.7 Å². The molecule has 1 aliphatic heterocycles. The number of rotatable bonds is 5. The number of carbonyl (C=O) groups excluding carboxylic acids is 2. The van der Waals surface area contributed by atoms with Gasteiger partial charge in [0.15, 0.2) is 0 Å². The lowest BCUT2D eigenvalue weighted by Gasteiger charge is -2.25. The molecule has 1 N–H and O–H groups in total. The third-order valence-electron chi connectivity index (χ3n) is 5.61. The van der Waals surface area contributed by atoms with Crippen molar-refractivity contribution in [3.05, 3.63) is 100 Å². The number of aliphatic hydroxyl groups excluding tert-OH is 1. The first-order chi connectivity index (χ1) is 15.4. The largest absolute Gasteiger partial charge is 0.507 e. The number of nitrogens with zero attached hydrogens (tertiary/aromatic N) is 2. The van der Waals surface area contributed by atoms with Crippen LogP contribution in [0.1, 0.15) is 33.9 Å². The summed E-state index contributed by atoms with van der Waals surface area (Å²) in [5, 5.41) is 11.4. The Kier molecular flexibility index (Phi) is 5.77. The van der Waals surface area contributed by atoms with E-state index >= 15 is 0 Å². The van der Waals surface area contributed by atoms with Crippen molar-refractivity contribution in [2.24, 2.45) is 0 Å². The maximum Gasteiger partial charge on any atom is 0.295 e. The number of aliphatic hydroxyl groups is 1. The molecule has 0 saturated carbocycles. The monoisotopic (exact) mass is 428 g/mol. The number of likely N-dealkylation sites (tertiary alicyclic amines) is 1. The van der Waals surface area contributed by atoms with Crippen LogP contribution in [0, 0.1) is 13.8 Å². The number of carbonyl (C=O) groups is 2. The first-order valence-corrected chi connectivity index (χ1v) is 10.3. The number of benzene rings is 2. The number of hydrogen-bond donors (Lipinski definition) is 1. The van der Waals surface area contributed by atoms with E-state index in [0.717, 1.165) is 22.3 Å². The van der Waals surface area contributed by atoms with Crippen LogP contribution in [0.5, 0.6) is 5.75 Å². The Balaban J connectivity index is 1.92. The zero-order chi connectivity index (χ0) is 22.8. The van der Waals surface area contributed by atoms with E-state index in [1.807, 2.05) is 56.3 Å². The van der Waals surface area contributed by atoms with E-state index in [1.165, 1.54) is 12.0 Å². The normalized spacial score (nSPS) is 17.6. The van der Waals surface area contributed by atoms with Gasteiger partial charge >= 0.3 is 0 Å². The van der Waals surface area contributed by atoms with Crippen LogP contribution in [0.2, 0.25) is 0 Å². The van der Waals surface area contributed by atoms with Crippen LogP contribution in [0.15, 0.2) is 72.6 Å². The summed E-state index contributed by atoms with van der Waals surface area (Å²) in [6.45, 7) is 3.97. The number of aryl methyl sites for hydroxylation is 2. The molecule has 1 fully saturated rings. The molecule has 2 heterocycles. The zero-order valence-corrected chi connectivity index (χ0v) is 18.2. The highest BCUT2D eigenvalue weighted by atomic mass is 16.5. The molecular weight excluding hydrogens is 404 g/mol. The van der Waals surface area contributed by atoms with Gasteiger partial charge in [0, 0.05) is 18.9 Å². The van der Waals surface area contributed by atoms with E-state index in [4.69, 9.17) is 4.74 Å². The zero-order valence-electron chi connectivity index (χ0n) is 18.2. The number of amides is 1. The van der Waals surface area contributed by atoms with Crippen LogP contribution in [-0.4, -0.2) is 33.8 Å². The Morgan fingerprint density at radius 3 is 2.50 bits per heavy atom. The summed E-state index contributed by atoms with van der Waals surface area (Å²) in [5.41, 5.74) is 3.71. The van der Waals surface area contributed by atoms with Crippen molar-refractivity contribution in [2.45, 2.75) is 26.4 Å². The van der Waals surface area contributed by atoms with Gasteiger partial charge in [0.1, 0.15) is 11.5 Å². The third-order valence-corrected chi connectivity index (χ3v) is 5.61. The second-order valence-electron chi connectivity index (χ2n) is 7.86. The van der Waals surface area contributed by atoms with E-state index in [1.54, 1.807) is 24.5 Å². The van der Waals surface area contributed by atoms with Gasteiger partial charge in [0.25, 0.3) is 11.7 Å². The summed E-state index contributed by atoms with van der Waals surface area (Å²) < 4.78 is 5.53. The van der Waals surface area contributed by atoms with Gasteiger partial charge in [-0.25, -0.2) is 0 Å². The van der Waals surface area contributed by atoms with E-state index in [0.29, 0.717) is 11.3 Å². The van der Waals surface area contributed by atoms with Crippen LogP contribution >= 0.6 is 0 Å². The van der Waals surface area contributed by atoms with Crippen LogP contribution in [0.25, 0.3) is 5.76 Å². The molecule has 1 atom stereocenters. The first kappa shape index (κ1) is 21.3. The van der Waals surface area contributed by atoms with Crippen LogP contribution < -0.4 is 4.74 Å². The fourth-order valence-electron chi connectivity index (χ4n) is 4.26. The Labute approximate surface area is 186 Å². The van der Waals surface area contributed by atoms with Gasteiger partial charge in [-0.05, 0) is 48.2 Å². The van der Waals surface area contributed by atoms with Crippen molar-refractivity contribution >= 4 is 17.4 Å². The molecular formula is C26H24N2O4. The first-order valence-electron chi connectivity index (χ1n) is 10.3. The minimum absolute atomic E-state index is 0.0494. The molecule has 1 saturated heterocycles. The molecule has 4 rings (SSSR count). The number of hydrogen-bond acceptors (Lipinski definition) is 5. The van der Waals surface area contributed by atoms with Gasteiger partial charge in [-0.3, -0.25) is 14.6 Å². The van der Waals surface area contributed by atoms with E-state index in [9.17, 15) is 14.7 Å². The highest BCUT2D eigenvalue weighted by Crippen LogP contribution is 2.42. The fourth-order valence-corrected chi connectivity index (χ4v) is 4.26. The topological polar surface area (TPSA) is 79.7 Å². The van der Waals surface area contributed by atoms with Crippen molar-refractivity contribution in [1.82, 2.24) is 9.88 Å². The number of pyridine rings is 1. The molecule has 1 aliphatic rings. The second-order valence-corrected chi connectivity index (χ2v) is 7.86. The van der Waals surface area contributed by atoms with Crippen molar-refractivity contribution in [2.75, 3.05) is 7.11 Å². The Morgan fingerprint density at radius 2 is 1.84 bits per heavy atom. The van der Waals surface area contributed by atoms with Crippen LogP contribution in [0.4, 0.5) is 0 Å². The minimum Gasteiger partial charge on any atom is -0.507 e. The average Bonchev–Trinajstić information content (AvgIpc) is 3.04. The second kappa shape index (κ2) is 8.67. The fraction of sp³-hybridized carbons (Fsp3) is 0.192. The van der Waals surface area contributed by atoms with Crippen molar-refractivity contribution < 1.29 is 19.4 Å².